The minimum Gasteiger partial charge on any atom is -0.857 e. The Bertz CT molecular complexity index is 684. The highest BCUT2D eigenvalue weighted by molar-refractivity contribution is 5.87. The Labute approximate surface area is 106 Å². The van der Waals surface area contributed by atoms with Crippen LogP contribution in [0.1, 0.15) is 11.3 Å². The summed E-state index contributed by atoms with van der Waals surface area (Å²) in [5.74, 6) is -1.09. The van der Waals surface area contributed by atoms with Crippen LogP contribution in [-0.2, 0) is 0 Å². The lowest BCUT2D eigenvalue weighted by atomic mass is 10.2. The highest BCUT2D eigenvalue weighted by atomic mass is 19.1. The maximum absolute atomic E-state index is 12.7. The van der Waals surface area contributed by atoms with Crippen LogP contribution in [0, 0.1) is 5.82 Å². The fourth-order valence-electron chi connectivity index (χ4n) is 1.29. The van der Waals surface area contributed by atoms with Crippen LogP contribution in [0.3, 0.4) is 0 Å². The lowest BCUT2D eigenvalue weighted by Crippen LogP contribution is -2.27. The van der Waals surface area contributed by atoms with E-state index in [0.717, 1.165) is 4.79 Å². The Hall–Kier alpha value is -2.77. The zero-order chi connectivity index (χ0) is 13.8. The molecule has 1 heterocycles. The van der Waals surface area contributed by atoms with Crippen molar-refractivity contribution in [2.75, 3.05) is 7.05 Å². The smallest absolute Gasteiger partial charge is 0.316 e. The number of benzene rings is 1. The predicted octanol–water partition coefficient (Wildman–Crippen LogP) is -0.671. The minimum atomic E-state index is -0.725. The van der Waals surface area contributed by atoms with E-state index in [1.54, 1.807) is 0 Å². The molecular weight excluding hydrogens is 253 g/mol. The van der Waals surface area contributed by atoms with Gasteiger partial charge in [-0.3, -0.25) is 4.79 Å². The zero-order valence-electron chi connectivity index (χ0n) is 9.87. The van der Waals surface area contributed by atoms with Crippen molar-refractivity contribution in [3.63, 3.8) is 0 Å². The molecule has 2 rings (SSSR count). The summed E-state index contributed by atoms with van der Waals surface area (Å²) < 4.78 is 12.7. The standard InChI is InChI=1S/C11H10FN5O2/c1-13-10(18)9-11(19)17(16-15-9)14-6-7-2-4-8(12)5-3-7/h2-6,16H,1H3,(H,13,18)/p-1/b14-6+. The van der Waals surface area contributed by atoms with Crippen molar-refractivity contribution in [3.8, 4) is 0 Å². The van der Waals surface area contributed by atoms with Gasteiger partial charge in [-0.25, -0.2) is 4.39 Å². The Morgan fingerprint density at radius 1 is 1.47 bits per heavy atom. The van der Waals surface area contributed by atoms with Gasteiger partial charge in [-0.15, -0.1) is 4.79 Å². The third-order valence-electron chi connectivity index (χ3n) is 2.25. The summed E-state index contributed by atoms with van der Waals surface area (Å²) in [5.41, 5.74) is -0.441. The Balaban J connectivity index is 2.27. The quantitative estimate of drug-likeness (QED) is 0.586. The molecule has 0 spiro atoms. The largest absolute Gasteiger partial charge is 0.857 e. The van der Waals surface area contributed by atoms with Gasteiger partial charge in [-0.1, -0.05) is 12.1 Å². The van der Waals surface area contributed by atoms with Gasteiger partial charge in [-0.2, -0.15) is 15.4 Å². The summed E-state index contributed by atoms with van der Waals surface area (Å²) in [6.45, 7) is 0. The molecule has 0 saturated heterocycles. The van der Waals surface area contributed by atoms with Gasteiger partial charge in [0.05, 0.1) is 6.21 Å². The molecule has 0 aliphatic heterocycles. The van der Waals surface area contributed by atoms with Crippen LogP contribution in [0.2, 0.25) is 0 Å². The number of hydrogen-bond donors (Lipinski definition) is 1. The number of halogens is 1. The topological polar surface area (TPSA) is 98.5 Å². The lowest BCUT2D eigenvalue weighted by molar-refractivity contribution is -0.213. The second-order valence-corrected chi connectivity index (χ2v) is 3.50. The van der Waals surface area contributed by atoms with E-state index in [2.05, 4.69) is 20.4 Å². The van der Waals surface area contributed by atoms with Crippen molar-refractivity contribution >= 4 is 12.1 Å². The molecule has 0 aliphatic rings. The number of H-pyrrole nitrogens is 1. The van der Waals surface area contributed by atoms with Crippen LogP contribution in [0.4, 0.5) is 4.39 Å². The number of rotatable bonds is 3. The third-order valence-corrected chi connectivity index (χ3v) is 2.25. The molecule has 1 N–H and O–H groups in total. The maximum Gasteiger partial charge on any atom is 0.316 e. The first kappa shape index (κ1) is 12.7. The molecule has 0 atom stereocenters. The van der Waals surface area contributed by atoms with Crippen LogP contribution < -0.4 is 10.7 Å². The number of nitrogens with one attached hydrogen (secondary N) is 1. The van der Waals surface area contributed by atoms with Crippen molar-refractivity contribution in [3.05, 3.63) is 51.7 Å². The summed E-state index contributed by atoms with van der Waals surface area (Å²) in [4.78, 5) is 15.8. The third kappa shape index (κ3) is 2.73. The molecule has 8 heteroatoms. The zero-order valence-corrected chi connectivity index (χ0v) is 9.87. The highest BCUT2D eigenvalue weighted by Crippen LogP contribution is 1.99. The van der Waals surface area contributed by atoms with E-state index in [4.69, 9.17) is 0 Å². The molecule has 0 fully saturated rings. The van der Waals surface area contributed by atoms with Crippen LogP contribution in [0.5, 0.6) is 0 Å². The number of nitrogens with zero attached hydrogens (tertiary/aromatic N) is 4. The SMILES string of the molecule is CN=C([O-])c1n[nH]n(/N=C/c2ccc(F)cc2)c1=O. The average Bonchev–Trinajstić information content (AvgIpc) is 2.79. The maximum atomic E-state index is 12.7. The van der Waals surface area contributed by atoms with Gasteiger partial charge in [0.15, 0.2) is 5.69 Å². The fourth-order valence-corrected chi connectivity index (χ4v) is 1.29. The molecule has 0 bridgehead atoms. The number of aromatic amines is 1. The molecule has 0 radical (unpaired) electrons. The van der Waals surface area contributed by atoms with Crippen molar-refractivity contribution < 1.29 is 9.50 Å². The monoisotopic (exact) mass is 262 g/mol. The van der Waals surface area contributed by atoms with Crippen molar-refractivity contribution in [1.82, 2.24) is 15.1 Å². The van der Waals surface area contributed by atoms with E-state index >= 15 is 0 Å². The normalized spacial score (nSPS) is 12.2. The van der Waals surface area contributed by atoms with Gasteiger partial charge in [0, 0.05) is 12.9 Å². The average molecular weight is 262 g/mol. The van der Waals surface area contributed by atoms with Gasteiger partial charge in [0.2, 0.25) is 0 Å². The van der Waals surface area contributed by atoms with E-state index in [9.17, 15) is 14.3 Å². The molecule has 2 aromatic rings. The highest BCUT2D eigenvalue weighted by Gasteiger charge is 2.06. The van der Waals surface area contributed by atoms with Crippen molar-refractivity contribution in [2.24, 2.45) is 10.1 Å². The summed E-state index contributed by atoms with van der Waals surface area (Å²) in [7, 11) is 1.27. The first-order valence-electron chi connectivity index (χ1n) is 5.23. The second-order valence-electron chi connectivity index (χ2n) is 3.50. The van der Waals surface area contributed by atoms with E-state index < -0.39 is 11.5 Å². The van der Waals surface area contributed by atoms with Gasteiger partial charge in [0.1, 0.15) is 5.82 Å². The molecule has 98 valence electrons. The number of aromatic nitrogens is 3. The lowest BCUT2D eigenvalue weighted by Gasteiger charge is -2.01. The number of aliphatic imine (C=N–C) groups is 1. The molecule has 1 aromatic heterocycles. The Morgan fingerprint density at radius 2 is 2.16 bits per heavy atom. The van der Waals surface area contributed by atoms with E-state index in [1.807, 2.05) is 0 Å². The van der Waals surface area contributed by atoms with E-state index in [1.165, 1.54) is 37.5 Å². The molecule has 1 aromatic carbocycles. The molecular formula is C11H9FN5O2-. The van der Waals surface area contributed by atoms with Crippen molar-refractivity contribution in [2.45, 2.75) is 0 Å². The van der Waals surface area contributed by atoms with Crippen molar-refractivity contribution in [1.29, 1.82) is 0 Å². The molecule has 0 aliphatic carbocycles. The van der Waals surface area contributed by atoms with Gasteiger partial charge in [0.25, 0.3) is 0 Å². The Morgan fingerprint density at radius 3 is 2.79 bits per heavy atom. The van der Waals surface area contributed by atoms with E-state index in [-0.39, 0.29) is 11.5 Å². The fraction of sp³-hybridized carbons (Fsp3) is 0.0909. The molecule has 0 amide bonds. The first-order valence-corrected chi connectivity index (χ1v) is 5.23. The molecule has 0 unspecified atom stereocenters. The van der Waals surface area contributed by atoms with Gasteiger partial charge < -0.3 is 10.1 Å². The Kier molecular flexibility index (Phi) is 3.51. The summed E-state index contributed by atoms with van der Waals surface area (Å²) in [6, 6.07) is 5.52. The van der Waals surface area contributed by atoms with Crippen LogP contribution >= 0.6 is 0 Å². The summed E-state index contributed by atoms with van der Waals surface area (Å²) >= 11 is 0. The summed E-state index contributed by atoms with van der Waals surface area (Å²) in [6.07, 6.45) is 1.33. The van der Waals surface area contributed by atoms with Crippen LogP contribution in [0.25, 0.3) is 0 Å². The minimum absolute atomic E-state index is 0.334. The van der Waals surface area contributed by atoms with Crippen LogP contribution in [-0.4, -0.2) is 34.3 Å². The van der Waals surface area contributed by atoms with E-state index in [0.29, 0.717) is 5.56 Å². The first-order chi connectivity index (χ1) is 9.11. The predicted molar refractivity (Wildman–Crippen MR) is 64.7 cm³/mol. The van der Waals surface area contributed by atoms with Crippen LogP contribution in [0.15, 0.2) is 39.2 Å². The molecule has 0 saturated carbocycles. The molecule has 19 heavy (non-hydrogen) atoms. The summed E-state index contributed by atoms with van der Waals surface area (Å²) in [5, 5.41) is 20.8. The number of hydrogen-bond acceptors (Lipinski definition) is 5. The molecule has 7 nitrogen and oxygen atoms in total. The second kappa shape index (κ2) is 5.25. The van der Waals surface area contributed by atoms with Gasteiger partial charge in [-0.05, 0) is 17.7 Å². The van der Waals surface area contributed by atoms with Gasteiger partial charge >= 0.3 is 5.56 Å².